The molecule has 1 amide bonds. The average Bonchev–Trinajstić information content (AvgIpc) is 3.24. The minimum Gasteiger partial charge on any atom is -0.349 e. The quantitative estimate of drug-likeness (QED) is 0.510. The van der Waals surface area contributed by atoms with Crippen LogP contribution in [0.1, 0.15) is 40.2 Å². The molecule has 0 unspecified atom stereocenters. The van der Waals surface area contributed by atoms with Crippen LogP contribution in [0.15, 0.2) is 49.1 Å². The Labute approximate surface area is 184 Å². The largest absolute Gasteiger partial charge is 0.349 e. The summed E-state index contributed by atoms with van der Waals surface area (Å²) in [5.74, 6) is 0.479. The molecule has 6 rings (SSSR count). The number of carbonyl (C=O) groups excluding carboxylic acids is 1. The monoisotopic (exact) mass is 430 g/mol. The Kier molecular flexibility index (Phi) is 4.36. The number of imidazole rings is 1. The van der Waals surface area contributed by atoms with Gasteiger partial charge in [-0.2, -0.15) is 5.10 Å². The van der Waals surface area contributed by atoms with Gasteiger partial charge in [-0.25, -0.2) is 14.1 Å². The third-order valence-electron chi connectivity index (χ3n) is 6.36. The highest BCUT2D eigenvalue weighted by Crippen LogP contribution is 2.28. The molecule has 1 aliphatic heterocycles. The Hall–Kier alpha value is -3.52. The van der Waals surface area contributed by atoms with E-state index in [9.17, 15) is 9.18 Å². The Morgan fingerprint density at radius 1 is 1.19 bits per heavy atom. The molecular weight excluding hydrogens is 407 g/mol. The summed E-state index contributed by atoms with van der Waals surface area (Å²) < 4.78 is 18.3. The second-order valence-corrected chi connectivity index (χ2v) is 8.73. The zero-order chi connectivity index (χ0) is 21.8. The van der Waals surface area contributed by atoms with Crippen LogP contribution in [0, 0.1) is 12.7 Å². The van der Waals surface area contributed by atoms with Gasteiger partial charge >= 0.3 is 0 Å². The molecule has 1 saturated heterocycles. The summed E-state index contributed by atoms with van der Waals surface area (Å²) in [6.45, 7) is 3.81. The van der Waals surface area contributed by atoms with E-state index in [-0.39, 0.29) is 17.5 Å². The second kappa shape index (κ2) is 7.27. The SMILES string of the molecule is Cc1cc(F)c(C(=O)NC2CC2)cc1-c1cnn(-c2cnc3ccc(C4CNC4)cn23)c1. The molecule has 1 aliphatic carbocycles. The van der Waals surface area contributed by atoms with Gasteiger partial charge in [0.1, 0.15) is 11.5 Å². The molecule has 8 heteroatoms. The lowest BCUT2D eigenvalue weighted by Gasteiger charge is -2.27. The lowest BCUT2D eigenvalue weighted by Crippen LogP contribution is -2.39. The molecule has 1 saturated carbocycles. The summed E-state index contributed by atoms with van der Waals surface area (Å²) >= 11 is 0. The van der Waals surface area contributed by atoms with Crippen LogP contribution < -0.4 is 10.6 Å². The minimum absolute atomic E-state index is 0.0683. The zero-order valence-corrected chi connectivity index (χ0v) is 17.7. The third kappa shape index (κ3) is 3.27. The van der Waals surface area contributed by atoms with Crippen LogP contribution in [0.2, 0.25) is 0 Å². The molecule has 32 heavy (non-hydrogen) atoms. The van der Waals surface area contributed by atoms with E-state index in [1.54, 1.807) is 23.1 Å². The average molecular weight is 430 g/mol. The number of hydrogen-bond acceptors (Lipinski definition) is 4. The van der Waals surface area contributed by atoms with Crippen LogP contribution in [-0.4, -0.2) is 44.2 Å². The highest BCUT2D eigenvalue weighted by molar-refractivity contribution is 5.96. The topological polar surface area (TPSA) is 76.2 Å². The molecule has 2 N–H and O–H groups in total. The first kappa shape index (κ1) is 19.2. The molecule has 7 nitrogen and oxygen atoms in total. The lowest BCUT2D eigenvalue weighted by atomic mass is 9.95. The van der Waals surface area contributed by atoms with Crippen molar-refractivity contribution in [2.75, 3.05) is 13.1 Å². The fourth-order valence-electron chi connectivity index (χ4n) is 4.16. The van der Waals surface area contributed by atoms with Gasteiger partial charge in [-0.15, -0.1) is 0 Å². The molecule has 0 spiro atoms. The number of halogens is 1. The van der Waals surface area contributed by atoms with Crippen molar-refractivity contribution in [3.05, 3.63) is 71.6 Å². The van der Waals surface area contributed by atoms with Crippen LogP contribution >= 0.6 is 0 Å². The number of aryl methyl sites for hydroxylation is 1. The van der Waals surface area contributed by atoms with E-state index in [2.05, 4.69) is 33.0 Å². The van der Waals surface area contributed by atoms with Crippen molar-refractivity contribution in [2.45, 2.75) is 31.7 Å². The number of nitrogens with one attached hydrogen (secondary N) is 2. The first-order valence-corrected chi connectivity index (χ1v) is 10.9. The molecule has 0 bridgehead atoms. The summed E-state index contributed by atoms with van der Waals surface area (Å²) in [6.07, 6.45) is 9.45. The molecule has 1 aromatic carbocycles. The maximum atomic E-state index is 14.5. The van der Waals surface area contributed by atoms with E-state index in [1.807, 2.05) is 23.6 Å². The Balaban J connectivity index is 1.36. The van der Waals surface area contributed by atoms with Gasteiger partial charge in [0.05, 0.1) is 18.0 Å². The Morgan fingerprint density at radius 3 is 2.78 bits per heavy atom. The number of fused-ring (bicyclic) bond motifs is 1. The number of hydrogen-bond donors (Lipinski definition) is 2. The van der Waals surface area contributed by atoms with Crippen LogP contribution in [0.5, 0.6) is 0 Å². The molecule has 162 valence electrons. The smallest absolute Gasteiger partial charge is 0.254 e. The molecule has 4 heterocycles. The van der Waals surface area contributed by atoms with Gasteiger partial charge in [-0.05, 0) is 54.7 Å². The van der Waals surface area contributed by atoms with Gasteiger partial charge in [-0.1, -0.05) is 6.07 Å². The van der Waals surface area contributed by atoms with Crippen molar-refractivity contribution in [1.29, 1.82) is 0 Å². The minimum atomic E-state index is -0.503. The number of pyridine rings is 1. The molecule has 0 atom stereocenters. The summed E-state index contributed by atoms with van der Waals surface area (Å²) in [5, 5.41) is 10.7. The molecule has 2 aliphatic rings. The van der Waals surface area contributed by atoms with Gasteiger partial charge < -0.3 is 10.6 Å². The summed E-state index contributed by atoms with van der Waals surface area (Å²) in [6, 6.07) is 7.37. The summed E-state index contributed by atoms with van der Waals surface area (Å²) in [7, 11) is 0. The standard InChI is InChI=1S/C24H23FN6O/c1-14-6-21(25)20(24(32)29-18-3-4-18)7-19(14)17-10-28-31(13-17)23-11-27-22-5-2-15(12-30(22)23)16-8-26-9-16/h2,5-7,10-13,16,18,26H,3-4,8-9H2,1H3,(H,29,32). The normalized spacial score (nSPS) is 16.3. The van der Waals surface area contributed by atoms with Gasteiger partial charge in [0.15, 0.2) is 5.82 Å². The predicted octanol–water partition coefficient (Wildman–Crippen LogP) is 3.21. The fraction of sp³-hybridized carbons (Fsp3) is 0.292. The maximum Gasteiger partial charge on any atom is 0.254 e. The highest BCUT2D eigenvalue weighted by Gasteiger charge is 2.26. The van der Waals surface area contributed by atoms with Crippen molar-refractivity contribution < 1.29 is 9.18 Å². The van der Waals surface area contributed by atoms with Crippen molar-refractivity contribution in [3.8, 4) is 16.9 Å². The Morgan fingerprint density at radius 2 is 2.03 bits per heavy atom. The second-order valence-electron chi connectivity index (χ2n) is 8.73. The van der Waals surface area contributed by atoms with Gasteiger partial charge in [0, 0.05) is 43.0 Å². The van der Waals surface area contributed by atoms with Crippen molar-refractivity contribution in [3.63, 3.8) is 0 Å². The number of rotatable bonds is 5. The maximum absolute atomic E-state index is 14.5. The highest BCUT2D eigenvalue weighted by atomic mass is 19.1. The Bertz CT molecular complexity index is 1350. The van der Waals surface area contributed by atoms with Crippen LogP contribution in [0.4, 0.5) is 4.39 Å². The number of carbonyl (C=O) groups is 1. The first-order valence-electron chi connectivity index (χ1n) is 10.9. The van der Waals surface area contributed by atoms with Gasteiger partial charge in [0.25, 0.3) is 5.91 Å². The predicted molar refractivity (Wildman–Crippen MR) is 119 cm³/mol. The molecule has 0 radical (unpaired) electrons. The number of amides is 1. The third-order valence-corrected chi connectivity index (χ3v) is 6.36. The van der Waals surface area contributed by atoms with E-state index in [0.29, 0.717) is 5.92 Å². The number of benzene rings is 1. The van der Waals surface area contributed by atoms with E-state index in [1.165, 1.54) is 11.6 Å². The number of aromatic nitrogens is 4. The fourth-order valence-corrected chi connectivity index (χ4v) is 4.16. The van der Waals surface area contributed by atoms with E-state index < -0.39 is 5.82 Å². The van der Waals surface area contributed by atoms with E-state index in [0.717, 1.165) is 54.1 Å². The first-order chi connectivity index (χ1) is 15.6. The zero-order valence-electron chi connectivity index (χ0n) is 17.7. The molecule has 4 aromatic rings. The summed E-state index contributed by atoms with van der Waals surface area (Å²) in [4.78, 5) is 17.0. The van der Waals surface area contributed by atoms with E-state index >= 15 is 0 Å². The number of nitrogens with zero attached hydrogens (tertiary/aromatic N) is 4. The summed E-state index contributed by atoms with van der Waals surface area (Å²) in [5.41, 5.74) is 4.54. The van der Waals surface area contributed by atoms with Crippen LogP contribution in [0.25, 0.3) is 22.6 Å². The van der Waals surface area contributed by atoms with E-state index in [4.69, 9.17) is 0 Å². The molecular formula is C24H23FN6O. The van der Waals surface area contributed by atoms with Crippen molar-refractivity contribution >= 4 is 11.6 Å². The van der Waals surface area contributed by atoms with Crippen LogP contribution in [0.3, 0.4) is 0 Å². The van der Waals surface area contributed by atoms with Crippen molar-refractivity contribution in [1.82, 2.24) is 29.8 Å². The van der Waals surface area contributed by atoms with Crippen molar-refractivity contribution in [2.24, 2.45) is 0 Å². The molecule has 2 fully saturated rings. The lowest BCUT2D eigenvalue weighted by molar-refractivity contribution is 0.0947. The van der Waals surface area contributed by atoms with Gasteiger partial charge in [-0.3, -0.25) is 9.20 Å². The molecule has 3 aromatic heterocycles. The van der Waals surface area contributed by atoms with Gasteiger partial charge in [0.2, 0.25) is 0 Å². The van der Waals surface area contributed by atoms with Crippen LogP contribution in [-0.2, 0) is 0 Å².